The molecule has 0 aromatic carbocycles. The van der Waals surface area contributed by atoms with Crippen molar-refractivity contribution in [1.29, 1.82) is 0 Å². The van der Waals surface area contributed by atoms with Crippen LogP contribution in [0.15, 0.2) is 0 Å². The van der Waals surface area contributed by atoms with E-state index < -0.39 is 10.4 Å². The van der Waals surface area contributed by atoms with Gasteiger partial charge in [-0.05, 0) is 0 Å². The van der Waals surface area contributed by atoms with Crippen molar-refractivity contribution in [3.63, 3.8) is 0 Å². The highest BCUT2D eigenvalue weighted by Gasteiger charge is 1.84. The molecule has 7 N–H and O–H groups in total. The van der Waals surface area contributed by atoms with E-state index >= 15 is 0 Å². The van der Waals surface area contributed by atoms with E-state index in [1.54, 1.807) is 11.8 Å². The smallest absolute Gasteiger partial charge is 0.394 e. The van der Waals surface area contributed by atoms with Crippen molar-refractivity contribution in [2.24, 2.45) is 0 Å². The van der Waals surface area contributed by atoms with Crippen LogP contribution in [0.25, 0.3) is 0 Å². The van der Waals surface area contributed by atoms with Crippen LogP contribution in [0.2, 0.25) is 0 Å². The van der Waals surface area contributed by atoms with Crippen molar-refractivity contribution in [3.8, 4) is 0 Å². The molecule has 0 heterocycles. The Kier molecular flexibility index (Phi) is 17.5. The SMILES string of the molecule is N.O=S(=O)(O)O.OCCSCCO. The first-order chi connectivity index (χ1) is 5.41. The van der Waals surface area contributed by atoms with Gasteiger partial charge < -0.3 is 16.4 Å². The van der Waals surface area contributed by atoms with E-state index in [2.05, 4.69) is 0 Å². The number of rotatable bonds is 4. The first-order valence-corrected chi connectivity index (χ1v) is 5.46. The Morgan fingerprint density at radius 2 is 1.23 bits per heavy atom. The Morgan fingerprint density at radius 3 is 1.38 bits per heavy atom. The Balaban J connectivity index is -0.000000150. The van der Waals surface area contributed by atoms with Crippen molar-refractivity contribution in [1.82, 2.24) is 6.15 Å². The minimum absolute atomic E-state index is 0. The van der Waals surface area contributed by atoms with Crippen LogP contribution in [0.1, 0.15) is 0 Å². The summed E-state index contributed by atoms with van der Waals surface area (Å²) in [7, 11) is -4.67. The summed E-state index contributed by atoms with van der Waals surface area (Å²) in [5, 5.41) is 16.4. The molecule has 13 heavy (non-hydrogen) atoms. The third-order valence-corrected chi connectivity index (χ3v) is 1.41. The first-order valence-electron chi connectivity index (χ1n) is 2.91. The minimum Gasteiger partial charge on any atom is -0.396 e. The standard InChI is InChI=1S/C4H10O2S.H3N.H2O4S/c5-1-3-7-4-2-6;;1-5(2,3)4/h5-6H,1-4H2;1H3;(H2,1,2,3,4). The third-order valence-electron chi connectivity index (χ3n) is 0.471. The summed E-state index contributed by atoms with van der Waals surface area (Å²) < 4.78 is 31.6. The van der Waals surface area contributed by atoms with E-state index in [4.69, 9.17) is 27.7 Å². The Hall–Kier alpha value is 0.1000. The zero-order chi connectivity index (χ0) is 10.0. The molecule has 0 bridgehead atoms. The fraction of sp³-hybridized carbons (Fsp3) is 1.00. The molecule has 0 spiro atoms. The average Bonchev–Trinajstić information content (AvgIpc) is 1.85. The summed E-state index contributed by atoms with van der Waals surface area (Å²) >= 11 is 1.55. The zero-order valence-electron chi connectivity index (χ0n) is 6.96. The molecule has 84 valence electrons. The minimum atomic E-state index is -4.67. The van der Waals surface area contributed by atoms with E-state index in [1.165, 1.54) is 0 Å². The van der Waals surface area contributed by atoms with Crippen LogP contribution in [0.4, 0.5) is 0 Å². The van der Waals surface area contributed by atoms with E-state index in [0.29, 0.717) is 0 Å². The molecule has 0 aliphatic rings. The number of hydrogen-bond acceptors (Lipinski definition) is 6. The highest BCUT2D eigenvalue weighted by atomic mass is 32.3. The lowest BCUT2D eigenvalue weighted by molar-refractivity contribution is 0.318. The Morgan fingerprint density at radius 1 is 1.00 bits per heavy atom. The van der Waals surface area contributed by atoms with Gasteiger partial charge in [-0.2, -0.15) is 20.2 Å². The lowest BCUT2D eigenvalue weighted by Gasteiger charge is -1.90. The van der Waals surface area contributed by atoms with Crippen LogP contribution in [0.5, 0.6) is 0 Å². The highest BCUT2D eigenvalue weighted by molar-refractivity contribution is 7.99. The molecule has 0 aromatic heterocycles. The second kappa shape index (κ2) is 12.1. The molecular weight excluding hydrogens is 222 g/mol. The van der Waals surface area contributed by atoms with Crippen molar-refractivity contribution < 1.29 is 27.7 Å². The summed E-state index contributed by atoms with van der Waals surface area (Å²) in [5.74, 6) is 1.47. The van der Waals surface area contributed by atoms with Gasteiger partial charge in [-0.3, -0.25) is 9.11 Å². The van der Waals surface area contributed by atoms with Gasteiger partial charge >= 0.3 is 10.4 Å². The van der Waals surface area contributed by atoms with Crippen LogP contribution in [0, 0.1) is 0 Å². The summed E-state index contributed by atoms with van der Waals surface area (Å²) in [4.78, 5) is 0. The monoisotopic (exact) mass is 237 g/mol. The molecule has 0 unspecified atom stereocenters. The molecule has 0 radical (unpaired) electrons. The van der Waals surface area contributed by atoms with Gasteiger partial charge in [-0.25, -0.2) is 0 Å². The van der Waals surface area contributed by atoms with Gasteiger partial charge in [0.2, 0.25) is 0 Å². The summed E-state index contributed by atoms with van der Waals surface area (Å²) in [6.07, 6.45) is 0. The van der Waals surface area contributed by atoms with Crippen molar-refractivity contribution >= 4 is 22.2 Å². The van der Waals surface area contributed by atoms with Gasteiger partial charge in [0.1, 0.15) is 0 Å². The second-order valence-electron chi connectivity index (χ2n) is 1.51. The third kappa shape index (κ3) is 73.4. The van der Waals surface area contributed by atoms with Crippen LogP contribution in [0.3, 0.4) is 0 Å². The van der Waals surface area contributed by atoms with Crippen molar-refractivity contribution in [2.75, 3.05) is 24.7 Å². The van der Waals surface area contributed by atoms with E-state index in [1.807, 2.05) is 0 Å². The van der Waals surface area contributed by atoms with Gasteiger partial charge in [0.15, 0.2) is 0 Å². The molecule has 0 rings (SSSR count). The molecule has 0 aromatic rings. The van der Waals surface area contributed by atoms with Gasteiger partial charge in [-0.1, -0.05) is 0 Å². The largest absolute Gasteiger partial charge is 0.396 e. The van der Waals surface area contributed by atoms with E-state index in [9.17, 15) is 0 Å². The molecule has 0 atom stereocenters. The predicted molar refractivity (Wildman–Crippen MR) is 50.7 cm³/mol. The van der Waals surface area contributed by atoms with Gasteiger partial charge in [0.05, 0.1) is 13.2 Å². The lowest BCUT2D eigenvalue weighted by atomic mass is 10.9. The molecule has 0 fully saturated rings. The maximum atomic E-state index is 8.74. The van der Waals surface area contributed by atoms with Crippen molar-refractivity contribution in [3.05, 3.63) is 0 Å². The Bertz CT molecular complexity index is 157. The second-order valence-corrected chi connectivity index (χ2v) is 3.63. The topological polar surface area (TPSA) is 150 Å². The van der Waals surface area contributed by atoms with E-state index in [-0.39, 0.29) is 19.4 Å². The lowest BCUT2D eigenvalue weighted by Crippen LogP contribution is -1.91. The number of hydrogen-bond donors (Lipinski definition) is 5. The number of aliphatic hydroxyl groups is 2. The van der Waals surface area contributed by atoms with Crippen LogP contribution >= 0.6 is 11.8 Å². The molecule has 0 saturated heterocycles. The van der Waals surface area contributed by atoms with Gasteiger partial charge in [-0.15, -0.1) is 0 Å². The Labute approximate surface area is 81.3 Å². The van der Waals surface area contributed by atoms with Crippen LogP contribution in [-0.4, -0.2) is 52.5 Å². The van der Waals surface area contributed by atoms with Crippen molar-refractivity contribution in [2.45, 2.75) is 0 Å². The first kappa shape index (κ1) is 18.8. The molecule has 0 amide bonds. The molecular formula is C4H15NO6S2. The molecule has 9 heteroatoms. The van der Waals surface area contributed by atoms with Crippen LogP contribution < -0.4 is 6.15 Å². The molecule has 0 aliphatic carbocycles. The summed E-state index contributed by atoms with van der Waals surface area (Å²) in [6, 6.07) is 0. The fourth-order valence-corrected chi connectivity index (χ4v) is 0.693. The van der Waals surface area contributed by atoms with Gasteiger partial charge in [0, 0.05) is 11.5 Å². The quantitative estimate of drug-likeness (QED) is 0.315. The van der Waals surface area contributed by atoms with E-state index in [0.717, 1.165) is 11.5 Å². The summed E-state index contributed by atoms with van der Waals surface area (Å²) in [6.45, 7) is 0.426. The average molecular weight is 237 g/mol. The predicted octanol–water partition coefficient (Wildman–Crippen LogP) is -0.787. The maximum Gasteiger partial charge on any atom is 0.394 e. The van der Waals surface area contributed by atoms with Crippen LogP contribution in [-0.2, 0) is 10.4 Å². The molecule has 0 saturated carbocycles. The fourth-order valence-electron chi connectivity index (χ4n) is 0.231. The molecule has 7 nitrogen and oxygen atoms in total. The number of thioether (sulfide) groups is 1. The van der Waals surface area contributed by atoms with Gasteiger partial charge in [0.25, 0.3) is 0 Å². The summed E-state index contributed by atoms with van der Waals surface area (Å²) in [5.41, 5.74) is 0. The normalized spacial score (nSPS) is 9.54. The number of aliphatic hydroxyl groups excluding tert-OH is 2. The highest BCUT2D eigenvalue weighted by Crippen LogP contribution is 1.94. The zero-order valence-corrected chi connectivity index (χ0v) is 8.59. The maximum absolute atomic E-state index is 8.74. The molecule has 0 aliphatic heterocycles.